The third-order valence-electron chi connectivity index (χ3n) is 10.5. The average Bonchev–Trinajstić information content (AvgIpc) is 3.24. The van der Waals surface area contributed by atoms with Crippen molar-refractivity contribution in [3.05, 3.63) is 179 Å². The number of benzene rings is 8. The van der Waals surface area contributed by atoms with Crippen molar-refractivity contribution in [3.8, 4) is 79.3 Å². The van der Waals surface area contributed by atoms with Crippen molar-refractivity contribution < 1.29 is 0 Å². The van der Waals surface area contributed by atoms with Gasteiger partial charge in [-0.15, -0.1) is 0 Å². The normalized spacial score (nSPS) is 10.8. The number of unbranched alkanes of at least 4 members (excludes halogenated alkanes) is 2. The first-order chi connectivity index (χ1) is 27.1. The number of rotatable bonds is 9. The number of fused-ring (bicyclic) bond motifs is 2. The van der Waals surface area contributed by atoms with Crippen LogP contribution in [-0.4, -0.2) is 0 Å². The Morgan fingerprint density at radius 3 is 1.33 bits per heavy atom. The molecule has 0 aliphatic carbocycles. The SMILES string of the molecule is CC#CC#Cc1ccc(-c2ccc(-c3cc(-c4ccc(-c5ccc(CCCCC)cc5)cc4)cc(-c4c5ccccc5c(Br)c5ccccc45)c3)cc2)cc1. The van der Waals surface area contributed by atoms with E-state index in [-0.39, 0.29) is 0 Å². The van der Waals surface area contributed by atoms with Crippen LogP contribution < -0.4 is 0 Å². The third kappa shape index (κ3) is 7.77. The first kappa shape index (κ1) is 35.9. The van der Waals surface area contributed by atoms with E-state index in [1.807, 2.05) is 0 Å². The van der Waals surface area contributed by atoms with Crippen molar-refractivity contribution in [2.24, 2.45) is 0 Å². The summed E-state index contributed by atoms with van der Waals surface area (Å²) in [6.07, 6.45) is 4.93. The van der Waals surface area contributed by atoms with Gasteiger partial charge in [-0.25, -0.2) is 0 Å². The molecular weight excluding hydrogens is 728 g/mol. The van der Waals surface area contributed by atoms with Crippen molar-refractivity contribution in [2.75, 3.05) is 0 Å². The first-order valence-corrected chi connectivity index (χ1v) is 20.0. The molecule has 0 aliphatic rings. The molecule has 0 saturated carbocycles. The molecule has 0 fully saturated rings. The zero-order chi connectivity index (χ0) is 37.6. The van der Waals surface area contributed by atoms with Gasteiger partial charge in [0.25, 0.3) is 0 Å². The summed E-state index contributed by atoms with van der Waals surface area (Å²) in [4.78, 5) is 0. The molecule has 0 amide bonds. The highest BCUT2D eigenvalue weighted by Crippen LogP contribution is 2.44. The van der Waals surface area contributed by atoms with Gasteiger partial charge in [-0.1, -0.05) is 165 Å². The summed E-state index contributed by atoms with van der Waals surface area (Å²) in [6, 6.07) is 60.1. The van der Waals surface area contributed by atoms with Gasteiger partial charge in [-0.3, -0.25) is 0 Å². The molecule has 264 valence electrons. The third-order valence-corrected chi connectivity index (χ3v) is 11.3. The molecule has 0 unspecified atom stereocenters. The summed E-state index contributed by atoms with van der Waals surface area (Å²) in [7, 11) is 0. The Balaban J connectivity index is 1.21. The van der Waals surface area contributed by atoms with Crippen LogP contribution in [0.15, 0.2) is 168 Å². The van der Waals surface area contributed by atoms with Gasteiger partial charge < -0.3 is 0 Å². The van der Waals surface area contributed by atoms with Crippen LogP contribution in [0, 0.1) is 23.7 Å². The number of halogens is 1. The lowest BCUT2D eigenvalue weighted by Crippen LogP contribution is -1.91. The molecule has 1 heteroatoms. The van der Waals surface area contributed by atoms with E-state index in [0.29, 0.717) is 0 Å². The topological polar surface area (TPSA) is 0 Å². The minimum atomic E-state index is 0.962. The molecular formula is C54H41Br. The lowest BCUT2D eigenvalue weighted by atomic mass is 9.88. The summed E-state index contributed by atoms with van der Waals surface area (Å²) in [5, 5.41) is 4.89. The monoisotopic (exact) mass is 768 g/mol. The molecule has 8 rings (SSSR count). The molecule has 0 radical (unpaired) electrons. The summed E-state index contributed by atoms with van der Waals surface area (Å²) in [5.41, 5.74) is 14.4. The Hall–Kier alpha value is -6.12. The lowest BCUT2D eigenvalue weighted by Gasteiger charge is -2.17. The Bertz CT molecular complexity index is 2690. The number of hydrogen-bond acceptors (Lipinski definition) is 0. The fourth-order valence-electron chi connectivity index (χ4n) is 7.56. The summed E-state index contributed by atoms with van der Waals surface area (Å²) < 4.78 is 1.13. The molecule has 0 atom stereocenters. The maximum Gasteiger partial charge on any atom is 0.0332 e. The second-order valence-electron chi connectivity index (χ2n) is 14.1. The van der Waals surface area contributed by atoms with Gasteiger partial charge >= 0.3 is 0 Å². The van der Waals surface area contributed by atoms with Crippen LogP contribution in [0.2, 0.25) is 0 Å². The van der Waals surface area contributed by atoms with Crippen LogP contribution in [-0.2, 0) is 6.42 Å². The number of aryl methyl sites for hydroxylation is 1. The zero-order valence-corrected chi connectivity index (χ0v) is 32.9. The molecule has 0 bridgehead atoms. The maximum atomic E-state index is 3.97. The van der Waals surface area contributed by atoms with Crippen molar-refractivity contribution in [3.63, 3.8) is 0 Å². The van der Waals surface area contributed by atoms with Gasteiger partial charge in [0.05, 0.1) is 0 Å². The maximum absolute atomic E-state index is 3.97. The van der Waals surface area contributed by atoms with E-state index < -0.39 is 0 Å². The van der Waals surface area contributed by atoms with Crippen LogP contribution in [0.3, 0.4) is 0 Å². The Morgan fingerprint density at radius 1 is 0.436 bits per heavy atom. The number of hydrogen-bond donors (Lipinski definition) is 0. The first-order valence-electron chi connectivity index (χ1n) is 19.2. The van der Waals surface area contributed by atoms with Gasteiger partial charge in [0.15, 0.2) is 0 Å². The van der Waals surface area contributed by atoms with Crippen LogP contribution in [0.4, 0.5) is 0 Å². The van der Waals surface area contributed by atoms with Crippen molar-refractivity contribution >= 4 is 37.5 Å². The van der Waals surface area contributed by atoms with E-state index >= 15 is 0 Å². The summed E-state index contributed by atoms with van der Waals surface area (Å²) in [5.74, 6) is 11.7. The molecule has 0 aromatic heterocycles. The summed E-state index contributed by atoms with van der Waals surface area (Å²) >= 11 is 3.97. The molecule has 0 aliphatic heterocycles. The molecule has 0 spiro atoms. The van der Waals surface area contributed by atoms with Gasteiger partial charge in [-0.05, 0) is 161 Å². The zero-order valence-electron chi connectivity index (χ0n) is 31.3. The average molecular weight is 770 g/mol. The Labute approximate surface area is 334 Å². The standard InChI is InChI=1S/C54H41Br/c1-3-5-7-13-38-19-23-40(24-20-38)42-27-31-44(32-28-42)46-35-47(45-33-29-43(30-34-45)41-25-21-39(22-26-41)14-8-6-4-2)37-48(36-46)53-49-15-9-11-17-51(49)54(55)52-18-12-10-16-50(52)53/h9-12,15-37H,3,5,7,13H2,1-2H3. The Morgan fingerprint density at radius 2 is 0.855 bits per heavy atom. The van der Waals surface area contributed by atoms with E-state index in [9.17, 15) is 0 Å². The quantitative estimate of drug-likeness (QED) is 0.0779. The predicted octanol–water partition coefficient (Wildman–Crippen LogP) is 15.2. The van der Waals surface area contributed by atoms with Crippen molar-refractivity contribution in [1.82, 2.24) is 0 Å². The largest absolute Gasteiger partial charge is 0.0925 e. The van der Waals surface area contributed by atoms with E-state index in [2.05, 4.69) is 210 Å². The van der Waals surface area contributed by atoms with E-state index in [0.717, 1.165) is 22.0 Å². The van der Waals surface area contributed by atoms with E-state index in [4.69, 9.17) is 0 Å². The summed E-state index contributed by atoms with van der Waals surface area (Å²) in [6.45, 7) is 4.06. The molecule has 0 nitrogen and oxygen atoms in total. The van der Waals surface area contributed by atoms with Gasteiger partial charge in [0, 0.05) is 10.0 Å². The van der Waals surface area contributed by atoms with Crippen molar-refractivity contribution in [1.29, 1.82) is 0 Å². The molecule has 55 heavy (non-hydrogen) atoms. The van der Waals surface area contributed by atoms with Gasteiger partial charge in [0.1, 0.15) is 0 Å². The van der Waals surface area contributed by atoms with Gasteiger partial charge in [0.2, 0.25) is 0 Å². The molecule has 8 aromatic rings. The lowest BCUT2D eigenvalue weighted by molar-refractivity contribution is 0.717. The minimum Gasteiger partial charge on any atom is -0.0925 e. The highest BCUT2D eigenvalue weighted by Gasteiger charge is 2.16. The fraction of sp³-hybridized carbons (Fsp3) is 0.111. The second kappa shape index (κ2) is 16.5. The molecule has 0 N–H and O–H groups in total. The second-order valence-corrected chi connectivity index (χ2v) is 14.9. The molecule has 0 saturated heterocycles. The van der Waals surface area contributed by atoms with Crippen molar-refractivity contribution in [2.45, 2.75) is 39.5 Å². The van der Waals surface area contributed by atoms with Crippen LogP contribution in [0.1, 0.15) is 44.2 Å². The predicted molar refractivity (Wildman–Crippen MR) is 240 cm³/mol. The molecule has 8 aromatic carbocycles. The Kier molecular flexibility index (Phi) is 10.8. The fourth-order valence-corrected chi connectivity index (χ4v) is 8.25. The highest BCUT2D eigenvalue weighted by molar-refractivity contribution is 9.10. The smallest absolute Gasteiger partial charge is 0.0332 e. The van der Waals surface area contributed by atoms with E-state index in [1.165, 1.54) is 96.4 Å². The minimum absolute atomic E-state index is 0.962. The van der Waals surface area contributed by atoms with Gasteiger partial charge in [-0.2, -0.15) is 0 Å². The van der Waals surface area contributed by atoms with Crippen LogP contribution in [0.5, 0.6) is 0 Å². The van der Waals surface area contributed by atoms with E-state index in [1.54, 1.807) is 6.92 Å². The van der Waals surface area contributed by atoms with Crippen LogP contribution >= 0.6 is 15.9 Å². The molecule has 0 heterocycles. The van der Waals surface area contributed by atoms with Crippen LogP contribution in [0.25, 0.3) is 77.2 Å². The highest BCUT2D eigenvalue weighted by atomic mass is 79.9.